The highest BCUT2D eigenvalue weighted by Gasteiger charge is 2.14. The van der Waals surface area contributed by atoms with Crippen LogP contribution in [0, 0.1) is 11.6 Å². The standard InChI is InChI=1S/C14H10F2N2O2S/c15-10-6-2-1-5-9(10)13(19)17-14(20)18-21-12-8-4-3-7-11(12)16/h1-8H,(H2,17,18,19,20). The number of hydrogen-bond acceptors (Lipinski definition) is 3. The zero-order valence-electron chi connectivity index (χ0n) is 10.6. The number of urea groups is 1. The molecule has 4 nitrogen and oxygen atoms in total. The van der Waals surface area contributed by atoms with Gasteiger partial charge >= 0.3 is 6.03 Å². The van der Waals surface area contributed by atoms with Crippen LogP contribution >= 0.6 is 11.9 Å². The van der Waals surface area contributed by atoms with E-state index in [2.05, 4.69) is 4.72 Å². The summed E-state index contributed by atoms with van der Waals surface area (Å²) in [4.78, 5) is 23.4. The molecule has 0 aliphatic carbocycles. The van der Waals surface area contributed by atoms with Crippen molar-refractivity contribution in [2.45, 2.75) is 4.90 Å². The second-order valence-electron chi connectivity index (χ2n) is 3.90. The highest BCUT2D eigenvalue weighted by molar-refractivity contribution is 7.98. The molecule has 2 rings (SSSR count). The first kappa shape index (κ1) is 15.0. The van der Waals surface area contributed by atoms with Gasteiger partial charge in [-0.3, -0.25) is 14.8 Å². The molecule has 0 aliphatic heterocycles. The van der Waals surface area contributed by atoms with Crippen molar-refractivity contribution in [2.24, 2.45) is 0 Å². The van der Waals surface area contributed by atoms with Crippen molar-refractivity contribution in [3.63, 3.8) is 0 Å². The molecule has 7 heteroatoms. The maximum atomic E-state index is 13.3. The fraction of sp³-hybridized carbons (Fsp3) is 0. The maximum Gasteiger partial charge on any atom is 0.331 e. The fourth-order valence-corrected chi connectivity index (χ4v) is 2.04. The molecule has 0 radical (unpaired) electrons. The van der Waals surface area contributed by atoms with Crippen molar-refractivity contribution in [3.8, 4) is 0 Å². The van der Waals surface area contributed by atoms with Gasteiger partial charge in [0.25, 0.3) is 5.91 Å². The van der Waals surface area contributed by atoms with Gasteiger partial charge in [-0.2, -0.15) is 0 Å². The molecule has 0 atom stereocenters. The highest BCUT2D eigenvalue weighted by atomic mass is 32.2. The van der Waals surface area contributed by atoms with E-state index in [-0.39, 0.29) is 10.5 Å². The normalized spacial score (nSPS) is 10.0. The van der Waals surface area contributed by atoms with Crippen LogP contribution in [0.25, 0.3) is 0 Å². The lowest BCUT2D eigenvalue weighted by Crippen LogP contribution is -2.36. The van der Waals surface area contributed by atoms with Gasteiger partial charge in [0.05, 0.1) is 10.5 Å². The first-order valence-corrected chi connectivity index (χ1v) is 6.67. The lowest BCUT2D eigenvalue weighted by molar-refractivity contribution is 0.0961. The summed E-state index contributed by atoms with van der Waals surface area (Å²) in [7, 11) is 0. The summed E-state index contributed by atoms with van der Waals surface area (Å²) in [6.07, 6.45) is 0. The van der Waals surface area contributed by atoms with Crippen LogP contribution in [0.5, 0.6) is 0 Å². The molecule has 0 unspecified atom stereocenters. The van der Waals surface area contributed by atoms with Gasteiger partial charge in [0.1, 0.15) is 11.6 Å². The predicted octanol–water partition coefficient (Wildman–Crippen LogP) is 3.11. The van der Waals surface area contributed by atoms with Crippen LogP contribution in [-0.2, 0) is 0 Å². The van der Waals surface area contributed by atoms with E-state index < -0.39 is 23.6 Å². The van der Waals surface area contributed by atoms with Crippen LogP contribution in [0.15, 0.2) is 53.4 Å². The predicted molar refractivity (Wildman–Crippen MR) is 74.7 cm³/mol. The molecule has 0 fully saturated rings. The van der Waals surface area contributed by atoms with Gasteiger partial charge in [0.15, 0.2) is 0 Å². The topological polar surface area (TPSA) is 58.2 Å². The van der Waals surface area contributed by atoms with Gasteiger partial charge in [0.2, 0.25) is 0 Å². The quantitative estimate of drug-likeness (QED) is 0.857. The van der Waals surface area contributed by atoms with Crippen molar-refractivity contribution in [3.05, 3.63) is 65.7 Å². The minimum Gasteiger partial charge on any atom is -0.277 e. The van der Waals surface area contributed by atoms with E-state index in [0.717, 1.165) is 6.07 Å². The number of carbonyl (C=O) groups is 2. The summed E-state index contributed by atoms with van der Waals surface area (Å²) in [5.74, 6) is -2.10. The number of carbonyl (C=O) groups excluding carboxylic acids is 2. The Morgan fingerprint density at radius 2 is 1.52 bits per heavy atom. The lowest BCUT2D eigenvalue weighted by Gasteiger charge is -2.07. The van der Waals surface area contributed by atoms with Gasteiger partial charge in [-0.25, -0.2) is 13.6 Å². The van der Waals surface area contributed by atoms with Gasteiger partial charge in [0, 0.05) is 0 Å². The fourth-order valence-electron chi connectivity index (χ4n) is 1.47. The third-order valence-corrected chi connectivity index (χ3v) is 3.27. The molecule has 0 saturated carbocycles. The largest absolute Gasteiger partial charge is 0.331 e. The van der Waals surface area contributed by atoms with E-state index in [1.165, 1.54) is 36.4 Å². The monoisotopic (exact) mass is 308 g/mol. The second kappa shape index (κ2) is 6.85. The van der Waals surface area contributed by atoms with E-state index >= 15 is 0 Å². The number of rotatable bonds is 3. The zero-order chi connectivity index (χ0) is 15.2. The molecule has 2 aromatic carbocycles. The summed E-state index contributed by atoms with van der Waals surface area (Å²) >= 11 is 0.714. The molecule has 21 heavy (non-hydrogen) atoms. The van der Waals surface area contributed by atoms with E-state index in [4.69, 9.17) is 0 Å². The van der Waals surface area contributed by atoms with Crippen LogP contribution in [0.1, 0.15) is 10.4 Å². The third kappa shape index (κ3) is 4.03. The van der Waals surface area contributed by atoms with E-state index in [1.807, 2.05) is 5.32 Å². The number of nitrogens with one attached hydrogen (secondary N) is 2. The van der Waals surface area contributed by atoms with Crippen molar-refractivity contribution in [1.29, 1.82) is 0 Å². The van der Waals surface area contributed by atoms with Gasteiger partial charge < -0.3 is 0 Å². The highest BCUT2D eigenvalue weighted by Crippen LogP contribution is 2.17. The summed E-state index contributed by atoms with van der Waals surface area (Å²) in [5.41, 5.74) is -0.247. The SMILES string of the molecule is O=C(NSc1ccccc1F)NC(=O)c1ccccc1F. The van der Waals surface area contributed by atoms with Crippen LogP contribution in [-0.4, -0.2) is 11.9 Å². The second-order valence-corrected chi connectivity index (χ2v) is 4.75. The first-order chi connectivity index (χ1) is 10.1. The Kier molecular flexibility index (Phi) is 4.89. The van der Waals surface area contributed by atoms with Crippen molar-refractivity contribution >= 4 is 23.9 Å². The molecular formula is C14H10F2N2O2S. The average Bonchev–Trinajstić information content (AvgIpc) is 2.46. The Morgan fingerprint density at radius 1 is 0.905 bits per heavy atom. The molecule has 3 amide bonds. The Bertz CT molecular complexity index is 680. The van der Waals surface area contributed by atoms with Crippen LogP contribution in [0.3, 0.4) is 0 Å². The molecular weight excluding hydrogens is 298 g/mol. The van der Waals surface area contributed by atoms with Crippen LogP contribution in [0.2, 0.25) is 0 Å². The summed E-state index contributed by atoms with van der Waals surface area (Å²) < 4.78 is 28.9. The Balaban J connectivity index is 1.92. The van der Waals surface area contributed by atoms with Crippen LogP contribution in [0.4, 0.5) is 13.6 Å². The summed E-state index contributed by atoms with van der Waals surface area (Å²) in [6.45, 7) is 0. The minimum atomic E-state index is -0.875. The summed E-state index contributed by atoms with van der Waals surface area (Å²) in [6, 6.07) is 10.2. The first-order valence-electron chi connectivity index (χ1n) is 5.85. The van der Waals surface area contributed by atoms with Gasteiger partial charge in [-0.15, -0.1) is 0 Å². The third-order valence-electron chi connectivity index (χ3n) is 2.44. The number of hydrogen-bond donors (Lipinski definition) is 2. The Morgan fingerprint density at radius 3 is 2.19 bits per heavy atom. The molecule has 0 bridgehead atoms. The van der Waals surface area contributed by atoms with Crippen molar-refractivity contribution < 1.29 is 18.4 Å². The number of amides is 3. The van der Waals surface area contributed by atoms with Gasteiger partial charge in [-0.1, -0.05) is 24.3 Å². The van der Waals surface area contributed by atoms with E-state index in [9.17, 15) is 18.4 Å². The molecule has 108 valence electrons. The molecule has 0 saturated heterocycles. The Hall–Kier alpha value is -2.41. The molecule has 0 aliphatic rings. The number of halogens is 2. The molecule has 0 heterocycles. The number of benzene rings is 2. The van der Waals surface area contributed by atoms with Crippen molar-refractivity contribution in [2.75, 3.05) is 0 Å². The van der Waals surface area contributed by atoms with Gasteiger partial charge in [-0.05, 0) is 36.2 Å². The number of imide groups is 1. The Labute approximate surface area is 123 Å². The molecule has 2 N–H and O–H groups in total. The van der Waals surface area contributed by atoms with Crippen molar-refractivity contribution in [1.82, 2.24) is 10.0 Å². The lowest BCUT2D eigenvalue weighted by atomic mass is 10.2. The molecule has 0 spiro atoms. The van der Waals surface area contributed by atoms with Crippen LogP contribution < -0.4 is 10.0 Å². The average molecular weight is 308 g/mol. The minimum absolute atomic E-state index is 0.200. The van der Waals surface area contributed by atoms with E-state index in [1.54, 1.807) is 6.07 Å². The summed E-state index contributed by atoms with van der Waals surface area (Å²) in [5, 5.41) is 1.95. The smallest absolute Gasteiger partial charge is 0.277 e. The molecule has 2 aromatic rings. The maximum absolute atomic E-state index is 13.3. The molecule has 0 aromatic heterocycles. The zero-order valence-corrected chi connectivity index (χ0v) is 11.4. The van der Waals surface area contributed by atoms with E-state index in [0.29, 0.717) is 11.9 Å².